The molecule has 0 saturated heterocycles. The van der Waals surface area contributed by atoms with E-state index in [1.54, 1.807) is 34.6 Å². The Bertz CT molecular complexity index is 1260. The zero-order valence-corrected chi connectivity index (χ0v) is 23.7. The maximum Gasteiger partial charge on any atom is 0.246 e. The van der Waals surface area contributed by atoms with E-state index < -0.39 is 0 Å². The molecule has 0 unspecified atom stereocenters. The molecule has 0 aliphatic heterocycles. The molecular weight excluding hydrogens is 492 g/mol. The third-order valence-corrected chi connectivity index (χ3v) is 6.43. The van der Waals surface area contributed by atoms with E-state index in [9.17, 15) is 4.79 Å². The number of methoxy groups -OCH3 is 4. The maximum atomic E-state index is 12.9. The number of benzene rings is 2. The first-order chi connectivity index (χ1) is 18.9. The van der Waals surface area contributed by atoms with Gasteiger partial charge in [0, 0.05) is 24.5 Å². The van der Waals surface area contributed by atoms with Crippen LogP contribution in [0, 0.1) is 0 Å². The quantitative estimate of drug-likeness (QED) is 0.165. The van der Waals surface area contributed by atoms with Crippen LogP contribution in [0.4, 0.5) is 0 Å². The SMILES string of the molecule is COc1ccc(C(=C(C)/C=C(\C)C(=O)NCCCCc2cccnc2)c2ccc(OC)c(OC)c2)cc1OC. The number of rotatable bonds is 13. The maximum absolute atomic E-state index is 12.9. The number of aromatic nitrogens is 1. The summed E-state index contributed by atoms with van der Waals surface area (Å²) in [6.07, 6.45) is 8.39. The number of ether oxygens (including phenoxy) is 4. The van der Waals surface area contributed by atoms with Gasteiger partial charge in [-0.15, -0.1) is 0 Å². The van der Waals surface area contributed by atoms with Crippen LogP contribution in [0.1, 0.15) is 43.4 Å². The second kappa shape index (κ2) is 14.6. The van der Waals surface area contributed by atoms with Crippen LogP contribution in [0.25, 0.3) is 5.57 Å². The van der Waals surface area contributed by atoms with Crippen LogP contribution >= 0.6 is 0 Å². The van der Waals surface area contributed by atoms with Crippen molar-refractivity contribution >= 4 is 11.5 Å². The van der Waals surface area contributed by atoms with E-state index >= 15 is 0 Å². The van der Waals surface area contributed by atoms with E-state index in [1.807, 2.05) is 68.6 Å². The number of aryl methyl sites for hydroxylation is 1. The van der Waals surface area contributed by atoms with Crippen LogP contribution in [0.15, 0.2) is 78.1 Å². The number of amides is 1. The molecule has 1 heterocycles. The Labute approximate surface area is 231 Å². The van der Waals surface area contributed by atoms with Gasteiger partial charge in [0.05, 0.1) is 28.4 Å². The number of carbonyl (C=O) groups excluding carboxylic acids is 1. The number of allylic oxidation sites excluding steroid dienone is 2. The van der Waals surface area contributed by atoms with Gasteiger partial charge in [0.15, 0.2) is 23.0 Å². The minimum Gasteiger partial charge on any atom is -0.493 e. The van der Waals surface area contributed by atoms with Crippen molar-refractivity contribution in [2.75, 3.05) is 35.0 Å². The molecule has 39 heavy (non-hydrogen) atoms. The number of nitrogens with one attached hydrogen (secondary N) is 1. The van der Waals surface area contributed by atoms with Crippen LogP contribution < -0.4 is 24.3 Å². The Kier molecular flexibility index (Phi) is 11.0. The van der Waals surface area contributed by atoms with Gasteiger partial charge in [0.25, 0.3) is 0 Å². The van der Waals surface area contributed by atoms with E-state index in [4.69, 9.17) is 18.9 Å². The third kappa shape index (κ3) is 7.87. The predicted molar refractivity (Wildman–Crippen MR) is 155 cm³/mol. The van der Waals surface area contributed by atoms with Gasteiger partial charge in [-0.3, -0.25) is 9.78 Å². The summed E-state index contributed by atoms with van der Waals surface area (Å²) in [7, 11) is 6.44. The molecule has 7 nitrogen and oxygen atoms in total. The highest BCUT2D eigenvalue weighted by atomic mass is 16.5. The lowest BCUT2D eigenvalue weighted by molar-refractivity contribution is -0.117. The summed E-state index contributed by atoms with van der Waals surface area (Å²) in [6, 6.07) is 15.6. The number of unbranched alkanes of at least 4 members (excludes halogenated alkanes) is 1. The number of hydrogen-bond acceptors (Lipinski definition) is 6. The highest BCUT2D eigenvalue weighted by molar-refractivity contribution is 5.94. The summed E-state index contributed by atoms with van der Waals surface area (Å²) in [5.41, 5.74) is 5.50. The Balaban J connectivity index is 1.86. The van der Waals surface area contributed by atoms with Crippen LogP contribution in [-0.2, 0) is 11.2 Å². The highest BCUT2D eigenvalue weighted by Gasteiger charge is 2.16. The summed E-state index contributed by atoms with van der Waals surface area (Å²) >= 11 is 0. The molecule has 0 fully saturated rings. The third-order valence-electron chi connectivity index (χ3n) is 6.43. The molecule has 1 N–H and O–H groups in total. The van der Waals surface area contributed by atoms with Gasteiger partial charge >= 0.3 is 0 Å². The van der Waals surface area contributed by atoms with Gasteiger partial charge in [-0.1, -0.05) is 24.3 Å². The Morgan fingerprint density at radius 1 is 0.821 bits per heavy atom. The summed E-state index contributed by atoms with van der Waals surface area (Å²) in [6.45, 7) is 4.44. The van der Waals surface area contributed by atoms with Gasteiger partial charge in [0.1, 0.15) is 0 Å². The fourth-order valence-corrected chi connectivity index (χ4v) is 4.41. The molecule has 0 saturated carbocycles. The monoisotopic (exact) mass is 530 g/mol. The fourth-order valence-electron chi connectivity index (χ4n) is 4.41. The van der Waals surface area contributed by atoms with E-state index in [2.05, 4.69) is 16.4 Å². The van der Waals surface area contributed by atoms with Crippen molar-refractivity contribution in [1.82, 2.24) is 10.3 Å². The largest absolute Gasteiger partial charge is 0.493 e. The molecule has 7 heteroatoms. The molecule has 2 aromatic carbocycles. The molecule has 0 bridgehead atoms. The fraction of sp³-hybridized carbons (Fsp3) is 0.312. The normalized spacial score (nSPS) is 11.0. The van der Waals surface area contributed by atoms with Crippen molar-refractivity contribution in [3.8, 4) is 23.0 Å². The molecule has 206 valence electrons. The molecule has 0 aliphatic carbocycles. The summed E-state index contributed by atoms with van der Waals surface area (Å²) in [5, 5.41) is 3.04. The second-order valence-electron chi connectivity index (χ2n) is 9.10. The van der Waals surface area contributed by atoms with Crippen molar-refractivity contribution < 1.29 is 23.7 Å². The van der Waals surface area contributed by atoms with Gasteiger partial charge in [-0.2, -0.15) is 0 Å². The van der Waals surface area contributed by atoms with Gasteiger partial charge in [-0.25, -0.2) is 0 Å². The molecule has 0 spiro atoms. The topological polar surface area (TPSA) is 78.9 Å². The van der Waals surface area contributed by atoms with Crippen LogP contribution in [-0.4, -0.2) is 45.9 Å². The summed E-state index contributed by atoms with van der Waals surface area (Å²) < 4.78 is 22.0. The van der Waals surface area contributed by atoms with Gasteiger partial charge < -0.3 is 24.3 Å². The number of nitrogens with zero attached hydrogens (tertiary/aromatic N) is 1. The lowest BCUT2D eigenvalue weighted by Crippen LogP contribution is -2.25. The van der Waals surface area contributed by atoms with E-state index in [0.717, 1.165) is 41.5 Å². The first-order valence-corrected chi connectivity index (χ1v) is 12.9. The van der Waals surface area contributed by atoms with E-state index in [1.165, 1.54) is 5.56 Å². The van der Waals surface area contributed by atoms with Crippen molar-refractivity contribution in [1.29, 1.82) is 0 Å². The molecular formula is C32H38N2O5. The molecule has 0 radical (unpaired) electrons. The van der Waals surface area contributed by atoms with Gasteiger partial charge in [0.2, 0.25) is 5.91 Å². The molecule has 3 rings (SSSR count). The Morgan fingerprint density at radius 2 is 1.41 bits per heavy atom. The number of hydrogen-bond donors (Lipinski definition) is 1. The summed E-state index contributed by atoms with van der Waals surface area (Å²) in [4.78, 5) is 17.0. The minimum atomic E-state index is -0.0882. The van der Waals surface area contributed by atoms with Crippen LogP contribution in [0.3, 0.4) is 0 Å². The number of pyridine rings is 1. The zero-order chi connectivity index (χ0) is 28.2. The van der Waals surface area contributed by atoms with E-state index in [-0.39, 0.29) is 5.91 Å². The lowest BCUT2D eigenvalue weighted by Gasteiger charge is -2.17. The predicted octanol–water partition coefficient (Wildman–Crippen LogP) is 6.02. The highest BCUT2D eigenvalue weighted by Crippen LogP contribution is 2.38. The van der Waals surface area contributed by atoms with Gasteiger partial charge in [-0.05, 0) is 91.3 Å². The van der Waals surface area contributed by atoms with Crippen LogP contribution in [0.2, 0.25) is 0 Å². The Morgan fingerprint density at radius 3 is 1.92 bits per heavy atom. The van der Waals surface area contributed by atoms with Crippen molar-refractivity contribution in [3.63, 3.8) is 0 Å². The van der Waals surface area contributed by atoms with Crippen LogP contribution in [0.5, 0.6) is 23.0 Å². The second-order valence-corrected chi connectivity index (χ2v) is 9.10. The number of carbonyl (C=O) groups is 1. The molecule has 0 atom stereocenters. The van der Waals surface area contributed by atoms with Crippen molar-refractivity contribution in [2.24, 2.45) is 0 Å². The molecule has 1 amide bonds. The average Bonchev–Trinajstić information content (AvgIpc) is 2.97. The molecule has 3 aromatic rings. The van der Waals surface area contributed by atoms with Crippen molar-refractivity contribution in [3.05, 3.63) is 94.8 Å². The smallest absolute Gasteiger partial charge is 0.246 e. The van der Waals surface area contributed by atoms with Crippen molar-refractivity contribution in [2.45, 2.75) is 33.1 Å². The first-order valence-electron chi connectivity index (χ1n) is 12.9. The standard InChI is InChI=1S/C32H38N2O5/c1-22(18-23(2)32(35)34-17-8-7-10-24-11-9-16-33-21-24)31(25-12-14-27(36-3)29(19-25)38-5)26-13-15-28(37-4)30(20-26)39-6/h9,11-16,18-21H,7-8,10,17H2,1-6H3,(H,34,35)/b23-18+. The minimum absolute atomic E-state index is 0.0882. The Hall–Kier alpha value is -4.26. The lowest BCUT2D eigenvalue weighted by atomic mass is 9.92. The average molecular weight is 531 g/mol. The summed E-state index contributed by atoms with van der Waals surface area (Å²) in [5.74, 6) is 2.42. The zero-order valence-electron chi connectivity index (χ0n) is 23.7. The molecule has 0 aliphatic rings. The first kappa shape index (κ1) is 29.3. The molecule has 1 aromatic heterocycles. The van der Waals surface area contributed by atoms with E-state index in [0.29, 0.717) is 35.1 Å².